The van der Waals surface area contributed by atoms with Gasteiger partial charge in [-0.15, -0.1) is 0 Å². The molecule has 1 aromatic heterocycles. The van der Waals surface area contributed by atoms with E-state index in [-0.39, 0.29) is 24.8 Å². The van der Waals surface area contributed by atoms with E-state index in [0.717, 1.165) is 11.1 Å². The first-order valence-electron chi connectivity index (χ1n) is 9.85. The van der Waals surface area contributed by atoms with E-state index in [9.17, 15) is 18.8 Å². The van der Waals surface area contributed by atoms with Crippen molar-refractivity contribution >= 4 is 16.8 Å². The third-order valence-corrected chi connectivity index (χ3v) is 5.08. The topological polar surface area (TPSA) is 84.0 Å². The normalized spacial score (nSPS) is 10.9. The number of carbonyl (C=O) groups is 1. The first kappa shape index (κ1) is 20.3. The van der Waals surface area contributed by atoms with Gasteiger partial charge in [0.15, 0.2) is 0 Å². The summed E-state index contributed by atoms with van der Waals surface area (Å²) in [6.45, 7) is 0.489. The SMILES string of the molecule is O=C(NCc1ccc(F)cc1)c1ccc2c(=O)n(CCc3ccccc3)c(=O)[nH]c2c1. The Morgan fingerprint density at radius 1 is 0.935 bits per heavy atom. The van der Waals surface area contributed by atoms with E-state index in [1.54, 1.807) is 24.3 Å². The number of fused-ring (bicyclic) bond motifs is 1. The van der Waals surface area contributed by atoms with Crippen molar-refractivity contribution in [3.05, 3.63) is 116 Å². The molecule has 0 radical (unpaired) electrons. The quantitative estimate of drug-likeness (QED) is 0.506. The molecule has 0 fully saturated rings. The van der Waals surface area contributed by atoms with Crippen molar-refractivity contribution in [3.63, 3.8) is 0 Å². The molecule has 1 heterocycles. The third kappa shape index (κ3) is 4.61. The number of hydrogen-bond acceptors (Lipinski definition) is 3. The molecular weight excluding hydrogens is 397 g/mol. The van der Waals surface area contributed by atoms with Gasteiger partial charge in [-0.1, -0.05) is 42.5 Å². The maximum atomic E-state index is 13.0. The predicted molar refractivity (Wildman–Crippen MR) is 117 cm³/mol. The summed E-state index contributed by atoms with van der Waals surface area (Å²) >= 11 is 0. The van der Waals surface area contributed by atoms with E-state index < -0.39 is 11.2 Å². The number of aromatic amines is 1. The second-order valence-corrected chi connectivity index (χ2v) is 7.19. The number of H-pyrrole nitrogens is 1. The maximum Gasteiger partial charge on any atom is 0.328 e. The second-order valence-electron chi connectivity index (χ2n) is 7.19. The van der Waals surface area contributed by atoms with Gasteiger partial charge in [0, 0.05) is 18.7 Å². The van der Waals surface area contributed by atoms with Crippen molar-refractivity contribution in [1.82, 2.24) is 14.9 Å². The number of aryl methyl sites for hydroxylation is 1. The molecule has 0 bridgehead atoms. The van der Waals surface area contributed by atoms with Gasteiger partial charge in [-0.2, -0.15) is 0 Å². The van der Waals surface area contributed by atoms with Crippen LogP contribution in [0.5, 0.6) is 0 Å². The molecule has 0 spiro atoms. The zero-order valence-corrected chi connectivity index (χ0v) is 16.6. The minimum atomic E-state index is -0.516. The maximum absolute atomic E-state index is 13.0. The number of hydrogen-bond donors (Lipinski definition) is 2. The summed E-state index contributed by atoms with van der Waals surface area (Å²) in [5, 5.41) is 3.08. The average Bonchev–Trinajstić information content (AvgIpc) is 2.78. The van der Waals surface area contributed by atoms with Crippen molar-refractivity contribution in [3.8, 4) is 0 Å². The Morgan fingerprint density at radius 3 is 2.42 bits per heavy atom. The van der Waals surface area contributed by atoms with E-state index in [1.807, 2.05) is 30.3 Å². The fourth-order valence-corrected chi connectivity index (χ4v) is 3.37. The summed E-state index contributed by atoms with van der Waals surface area (Å²) in [5.41, 5.74) is 1.49. The van der Waals surface area contributed by atoms with Gasteiger partial charge in [-0.25, -0.2) is 9.18 Å². The van der Waals surface area contributed by atoms with Crippen molar-refractivity contribution in [2.75, 3.05) is 0 Å². The van der Waals surface area contributed by atoms with Crippen LogP contribution >= 0.6 is 0 Å². The van der Waals surface area contributed by atoms with E-state index in [4.69, 9.17) is 0 Å². The highest BCUT2D eigenvalue weighted by atomic mass is 19.1. The molecule has 6 nitrogen and oxygen atoms in total. The van der Waals surface area contributed by atoms with E-state index in [2.05, 4.69) is 10.3 Å². The highest BCUT2D eigenvalue weighted by Crippen LogP contribution is 2.10. The molecule has 31 heavy (non-hydrogen) atoms. The lowest BCUT2D eigenvalue weighted by Crippen LogP contribution is -2.35. The van der Waals surface area contributed by atoms with Crippen molar-refractivity contribution < 1.29 is 9.18 Å². The molecule has 0 saturated heterocycles. The third-order valence-electron chi connectivity index (χ3n) is 5.08. The molecule has 2 N–H and O–H groups in total. The van der Waals surface area contributed by atoms with E-state index >= 15 is 0 Å². The number of nitrogens with one attached hydrogen (secondary N) is 2. The van der Waals surface area contributed by atoms with Crippen LogP contribution in [-0.2, 0) is 19.5 Å². The molecule has 3 aromatic carbocycles. The van der Waals surface area contributed by atoms with Crippen LogP contribution < -0.4 is 16.6 Å². The lowest BCUT2D eigenvalue weighted by molar-refractivity contribution is 0.0951. The Balaban J connectivity index is 1.53. The molecule has 0 unspecified atom stereocenters. The van der Waals surface area contributed by atoms with Gasteiger partial charge in [-0.05, 0) is 47.9 Å². The minimum absolute atomic E-state index is 0.231. The number of aromatic nitrogens is 2. The minimum Gasteiger partial charge on any atom is -0.348 e. The molecule has 0 aliphatic heterocycles. The largest absolute Gasteiger partial charge is 0.348 e. The summed E-state index contributed by atoms with van der Waals surface area (Å²) in [6, 6.07) is 20.0. The standard InChI is InChI=1S/C24H20FN3O3/c25-19-9-6-17(7-10-19)15-26-22(29)18-8-11-20-21(14-18)27-24(31)28(23(20)30)13-12-16-4-2-1-3-5-16/h1-11,14H,12-13,15H2,(H,26,29)(H,27,31). The van der Waals surface area contributed by atoms with Gasteiger partial charge in [0.2, 0.25) is 0 Å². The zero-order valence-electron chi connectivity index (χ0n) is 16.6. The zero-order chi connectivity index (χ0) is 21.8. The summed E-state index contributed by atoms with van der Waals surface area (Å²) in [7, 11) is 0. The second kappa shape index (κ2) is 8.79. The fraction of sp³-hybridized carbons (Fsp3) is 0.125. The monoisotopic (exact) mass is 417 g/mol. The molecule has 1 amide bonds. The van der Waals surface area contributed by atoms with Gasteiger partial charge in [0.1, 0.15) is 5.82 Å². The smallest absolute Gasteiger partial charge is 0.328 e. The summed E-state index contributed by atoms with van der Waals surface area (Å²) in [4.78, 5) is 40.4. The highest BCUT2D eigenvalue weighted by Gasteiger charge is 2.11. The summed E-state index contributed by atoms with van der Waals surface area (Å²) < 4.78 is 14.2. The van der Waals surface area contributed by atoms with Crippen LogP contribution in [0, 0.1) is 5.82 Å². The Morgan fingerprint density at radius 2 is 1.68 bits per heavy atom. The molecule has 4 rings (SSSR count). The van der Waals surface area contributed by atoms with E-state index in [1.165, 1.54) is 22.8 Å². The Hall–Kier alpha value is -4.00. The number of rotatable bonds is 6. The lowest BCUT2D eigenvalue weighted by Gasteiger charge is -2.09. The van der Waals surface area contributed by atoms with Gasteiger partial charge >= 0.3 is 5.69 Å². The van der Waals surface area contributed by atoms with Crippen molar-refractivity contribution in [1.29, 1.82) is 0 Å². The van der Waals surface area contributed by atoms with Gasteiger partial charge < -0.3 is 10.3 Å². The van der Waals surface area contributed by atoms with Gasteiger partial charge in [0.05, 0.1) is 10.9 Å². The lowest BCUT2D eigenvalue weighted by atomic mass is 10.1. The fourth-order valence-electron chi connectivity index (χ4n) is 3.37. The average molecular weight is 417 g/mol. The molecule has 0 atom stereocenters. The van der Waals surface area contributed by atoms with Crippen LogP contribution in [0.4, 0.5) is 4.39 Å². The molecule has 0 saturated carbocycles. The number of halogens is 1. The summed E-state index contributed by atoms with van der Waals surface area (Å²) in [6.07, 6.45) is 0.555. The van der Waals surface area contributed by atoms with E-state index in [0.29, 0.717) is 22.9 Å². The molecular formula is C24H20FN3O3. The Bertz CT molecular complexity index is 1340. The Kier molecular flexibility index (Phi) is 5.75. The number of amides is 1. The first-order valence-corrected chi connectivity index (χ1v) is 9.85. The highest BCUT2D eigenvalue weighted by molar-refractivity contribution is 5.97. The first-order chi connectivity index (χ1) is 15.0. The number of carbonyl (C=O) groups excluding carboxylic acids is 1. The van der Waals surface area contributed by atoms with Crippen LogP contribution in [0.15, 0.2) is 82.4 Å². The molecule has 0 aliphatic rings. The Labute approximate surface area is 177 Å². The van der Waals surface area contributed by atoms with Crippen LogP contribution in [0.2, 0.25) is 0 Å². The molecule has 7 heteroatoms. The van der Waals surface area contributed by atoms with Crippen molar-refractivity contribution in [2.24, 2.45) is 0 Å². The van der Waals surface area contributed by atoms with Crippen LogP contribution in [0.1, 0.15) is 21.5 Å². The number of nitrogens with zero attached hydrogens (tertiary/aromatic N) is 1. The summed E-state index contributed by atoms with van der Waals surface area (Å²) in [5.74, 6) is -0.705. The van der Waals surface area contributed by atoms with Crippen molar-refractivity contribution in [2.45, 2.75) is 19.5 Å². The molecule has 0 aliphatic carbocycles. The van der Waals surface area contributed by atoms with Crippen LogP contribution in [-0.4, -0.2) is 15.5 Å². The van der Waals surface area contributed by atoms with Gasteiger partial charge in [-0.3, -0.25) is 14.2 Å². The van der Waals surface area contributed by atoms with Gasteiger partial charge in [0.25, 0.3) is 11.5 Å². The van der Waals surface area contributed by atoms with Crippen LogP contribution in [0.25, 0.3) is 10.9 Å². The molecule has 156 valence electrons. The van der Waals surface area contributed by atoms with Crippen LogP contribution in [0.3, 0.4) is 0 Å². The predicted octanol–water partition coefficient (Wildman–Crippen LogP) is 3.00. The number of benzene rings is 3. The molecule has 4 aromatic rings.